The van der Waals surface area contributed by atoms with Crippen molar-refractivity contribution in [2.45, 2.75) is 13.3 Å². The van der Waals surface area contributed by atoms with Gasteiger partial charge < -0.3 is 20.9 Å². The Kier molecular flexibility index (Phi) is 5.61. The topological polar surface area (TPSA) is 112 Å². The largest absolute Gasteiger partial charge is 0.359 e. The third kappa shape index (κ3) is 4.69. The molecule has 0 unspecified atom stereocenters. The van der Waals surface area contributed by atoms with Gasteiger partial charge in [-0.15, -0.1) is 0 Å². The van der Waals surface area contributed by atoms with Crippen molar-refractivity contribution < 1.29 is 9.59 Å². The van der Waals surface area contributed by atoms with Crippen molar-refractivity contribution in [2.75, 3.05) is 17.2 Å². The Labute approximate surface area is 178 Å². The number of amides is 2. The van der Waals surface area contributed by atoms with E-state index in [-0.39, 0.29) is 24.8 Å². The number of carbonyl (C=O) groups excluding carboxylic acids is 2. The van der Waals surface area contributed by atoms with E-state index < -0.39 is 0 Å². The van der Waals surface area contributed by atoms with Gasteiger partial charge >= 0.3 is 0 Å². The average molecular weight is 414 g/mol. The highest BCUT2D eigenvalue weighted by Crippen LogP contribution is 2.27. The second-order valence-electron chi connectivity index (χ2n) is 7.13. The minimum atomic E-state index is -0.306. The zero-order valence-electron chi connectivity index (χ0n) is 17.0. The van der Waals surface area contributed by atoms with Crippen LogP contribution in [-0.4, -0.2) is 33.3 Å². The van der Waals surface area contributed by atoms with Gasteiger partial charge in [0.15, 0.2) is 0 Å². The minimum Gasteiger partial charge on any atom is -0.359 e. The summed E-state index contributed by atoms with van der Waals surface area (Å²) in [5.41, 5.74) is 4.46. The molecule has 4 rings (SSSR count). The number of nitrogens with zero attached hydrogens (tertiary/aromatic N) is 2. The van der Waals surface area contributed by atoms with Gasteiger partial charge in [0.1, 0.15) is 12.1 Å². The van der Waals surface area contributed by atoms with E-state index in [9.17, 15) is 9.59 Å². The lowest BCUT2D eigenvalue weighted by atomic mass is 10.2. The number of carbonyl (C=O) groups is 2. The molecule has 0 saturated carbocycles. The first-order valence-corrected chi connectivity index (χ1v) is 9.83. The third-order valence-electron chi connectivity index (χ3n) is 4.77. The summed E-state index contributed by atoms with van der Waals surface area (Å²) in [5, 5.41) is 10.7. The number of aromatic amines is 1. The molecule has 0 fully saturated rings. The highest BCUT2D eigenvalue weighted by Gasteiger charge is 2.09. The van der Waals surface area contributed by atoms with Gasteiger partial charge in [-0.05, 0) is 55.5 Å². The van der Waals surface area contributed by atoms with Crippen LogP contribution in [0.4, 0.5) is 17.2 Å². The molecule has 0 spiro atoms. The van der Waals surface area contributed by atoms with Crippen molar-refractivity contribution in [1.82, 2.24) is 20.3 Å². The average Bonchev–Trinajstić information content (AvgIpc) is 3.13. The number of aryl methyl sites for hydroxylation is 1. The van der Waals surface area contributed by atoms with Crippen LogP contribution in [0, 0.1) is 6.92 Å². The number of nitrogens with one attached hydrogen (secondary N) is 4. The monoisotopic (exact) mass is 414 g/mol. The number of aromatic nitrogens is 3. The molecule has 8 heteroatoms. The molecule has 0 atom stereocenters. The molecule has 2 aromatic heterocycles. The lowest BCUT2D eigenvalue weighted by Crippen LogP contribution is -2.25. The molecule has 0 saturated heterocycles. The quantitative estimate of drug-likeness (QED) is 0.344. The molecule has 2 heterocycles. The van der Waals surface area contributed by atoms with E-state index in [0.29, 0.717) is 11.5 Å². The Morgan fingerprint density at radius 3 is 2.77 bits per heavy atom. The minimum absolute atomic E-state index is 0.157. The molecule has 0 aliphatic carbocycles. The standard InChI is InChI=1S/C23H22N6O2/c1-3-21(30)24-9-8-22(31)28-17-5-7-20-18(12-17)23(26-13-25-20)29-16-4-6-19-15(11-16)10-14(2)27-19/h3-7,10-13,27H,1,8-9H2,2H3,(H,24,30)(H,28,31)(H,25,26,29). The van der Waals surface area contributed by atoms with Crippen LogP contribution in [0.25, 0.3) is 21.8 Å². The number of benzene rings is 2. The van der Waals surface area contributed by atoms with Gasteiger partial charge in [-0.2, -0.15) is 0 Å². The van der Waals surface area contributed by atoms with E-state index in [2.05, 4.69) is 49.6 Å². The Balaban J connectivity index is 1.53. The Morgan fingerprint density at radius 1 is 1.10 bits per heavy atom. The van der Waals surface area contributed by atoms with Crippen LogP contribution < -0.4 is 16.0 Å². The maximum absolute atomic E-state index is 12.2. The summed E-state index contributed by atoms with van der Waals surface area (Å²) in [4.78, 5) is 35.4. The summed E-state index contributed by atoms with van der Waals surface area (Å²) in [5.74, 6) is 0.133. The normalized spacial score (nSPS) is 10.7. The summed E-state index contributed by atoms with van der Waals surface area (Å²) in [6.07, 6.45) is 2.83. The van der Waals surface area contributed by atoms with Gasteiger partial charge in [-0.1, -0.05) is 6.58 Å². The summed E-state index contributed by atoms with van der Waals surface area (Å²) in [6, 6.07) is 13.6. The molecule has 0 radical (unpaired) electrons. The third-order valence-corrected chi connectivity index (χ3v) is 4.77. The van der Waals surface area contributed by atoms with Gasteiger partial charge in [0.25, 0.3) is 0 Å². The maximum atomic E-state index is 12.2. The molecule has 31 heavy (non-hydrogen) atoms. The summed E-state index contributed by atoms with van der Waals surface area (Å²) in [6.45, 7) is 5.64. The predicted molar refractivity (Wildman–Crippen MR) is 122 cm³/mol. The number of hydrogen-bond donors (Lipinski definition) is 4. The molecule has 0 aliphatic heterocycles. The lowest BCUT2D eigenvalue weighted by Gasteiger charge is -2.11. The summed E-state index contributed by atoms with van der Waals surface area (Å²) in [7, 11) is 0. The zero-order valence-corrected chi connectivity index (χ0v) is 17.0. The molecule has 0 aliphatic rings. The van der Waals surface area contributed by atoms with Crippen molar-refractivity contribution >= 4 is 50.8 Å². The van der Waals surface area contributed by atoms with Crippen LogP contribution >= 0.6 is 0 Å². The fraction of sp³-hybridized carbons (Fsp3) is 0.130. The van der Waals surface area contributed by atoms with Crippen LogP contribution in [0.15, 0.2) is 61.4 Å². The fourth-order valence-corrected chi connectivity index (χ4v) is 3.32. The van der Waals surface area contributed by atoms with E-state index in [1.807, 2.05) is 31.2 Å². The van der Waals surface area contributed by atoms with Crippen LogP contribution in [0.3, 0.4) is 0 Å². The first kappa shape index (κ1) is 20.1. The first-order valence-electron chi connectivity index (χ1n) is 9.83. The molecule has 2 amide bonds. The zero-order chi connectivity index (χ0) is 21.8. The predicted octanol–water partition coefficient (Wildman–Crippen LogP) is 3.79. The molecule has 0 bridgehead atoms. The van der Waals surface area contributed by atoms with Crippen molar-refractivity contribution in [3.63, 3.8) is 0 Å². The van der Waals surface area contributed by atoms with Crippen LogP contribution in [0.5, 0.6) is 0 Å². The Morgan fingerprint density at radius 2 is 1.94 bits per heavy atom. The highest BCUT2D eigenvalue weighted by molar-refractivity contribution is 5.98. The van der Waals surface area contributed by atoms with E-state index in [0.717, 1.165) is 33.2 Å². The van der Waals surface area contributed by atoms with Gasteiger partial charge in [0.2, 0.25) is 11.8 Å². The van der Waals surface area contributed by atoms with E-state index >= 15 is 0 Å². The summed E-state index contributed by atoms with van der Waals surface area (Å²) >= 11 is 0. The molecule has 156 valence electrons. The summed E-state index contributed by atoms with van der Waals surface area (Å²) < 4.78 is 0. The molecular weight excluding hydrogens is 392 g/mol. The SMILES string of the molecule is C=CC(=O)NCCC(=O)Nc1ccc2ncnc(Nc3ccc4[nH]c(C)cc4c3)c2c1. The van der Waals surface area contributed by atoms with Gasteiger partial charge in [-0.25, -0.2) is 9.97 Å². The van der Waals surface area contributed by atoms with Crippen LogP contribution in [0.2, 0.25) is 0 Å². The van der Waals surface area contributed by atoms with Crippen molar-refractivity contribution in [2.24, 2.45) is 0 Å². The number of rotatable bonds is 7. The molecular formula is C23H22N6O2. The number of fused-ring (bicyclic) bond motifs is 2. The highest BCUT2D eigenvalue weighted by atomic mass is 16.2. The molecule has 4 aromatic rings. The van der Waals surface area contributed by atoms with Gasteiger partial charge in [0, 0.05) is 46.3 Å². The second-order valence-corrected chi connectivity index (χ2v) is 7.13. The number of H-pyrrole nitrogens is 1. The van der Waals surface area contributed by atoms with Crippen molar-refractivity contribution in [3.8, 4) is 0 Å². The van der Waals surface area contributed by atoms with Crippen molar-refractivity contribution in [1.29, 1.82) is 0 Å². The Bertz CT molecular complexity index is 1290. The molecule has 8 nitrogen and oxygen atoms in total. The van der Waals surface area contributed by atoms with Gasteiger partial charge in [-0.3, -0.25) is 9.59 Å². The van der Waals surface area contributed by atoms with E-state index in [1.54, 1.807) is 6.07 Å². The van der Waals surface area contributed by atoms with Crippen LogP contribution in [0.1, 0.15) is 12.1 Å². The van der Waals surface area contributed by atoms with E-state index in [4.69, 9.17) is 0 Å². The number of anilines is 3. The fourth-order valence-electron chi connectivity index (χ4n) is 3.32. The first-order chi connectivity index (χ1) is 15.0. The van der Waals surface area contributed by atoms with E-state index in [1.165, 1.54) is 12.4 Å². The van der Waals surface area contributed by atoms with Gasteiger partial charge in [0.05, 0.1) is 5.52 Å². The maximum Gasteiger partial charge on any atom is 0.243 e. The molecule has 4 N–H and O–H groups in total. The van der Waals surface area contributed by atoms with Crippen molar-refractivity contribution in [3.05, 3.63) is 67.1 Å². The second kappa shape index (κ2) is 8.66. The molecule has 2 aromatic carbocycles. The Hall–Kier alpha value is -4.20. The van der Waals surface area contributed by atoms with Crippen LogP contribution in [-0.2, 0) is 9.59 Å². The lowest BCUT2D eigenvalue weighted by molar-refractivity contribution is -0.117. The smallest absolute Gasteiger partial charge is 0.243 e. The number of hydrogen-bond acceptors (Lipinski definition) is 5.